The number of carboxylic acids is 1. The van der Waals surface area contributed by atoms with Gasteiger partial charge in [0.25, 0.3) is 0 Å². The summed E-state index contributed by atoms with van der Waals surface area (Å²) in [6, 6.07) is 4.74. The van der Waals surface area contributed by atoms with E-state index in [-0.39, 0.29) is 11.5 Å². The average Bonchev–Trinajstić information content (AvgIpc) is 2.38. The normalized spacial score (nSPS) is 9.72. The number of nitrogen functional groups attached to an aromatic ring is 1. The summed E-state index contributed by atoms with van der Waals surface area (Å²) in [6.45, 7) is 0. The minimum Gasteiger partial charge on any atom is -0.478 e. The van der Waals surface area contributed by atoms with E-state index in [2.05, 4.69) is 15.9 Å². The lowest BCUT2D eigenvalue weighted by Crippen LogP contribution is -2.02. The van der Waals surface area contributed by atoms with E-state index in [1.54, 1.807) is 12.1 Å². The van der Waals surface area contributed by atoms with Crippen LogP contribution in [0.3, 0.4) is 0 Å². The van der Waals surface area contributed by atoms with Gasteiger partial charge < -0.3 is 10.8 Å². The van der Waals surface area contributed by atoms with Crippen molar-refractivity contribution in [3.8, 4) is 23.5 Å². The monoisotopic (exact) mass is 239 g/mol. The van der Waals surface area contributed by atoms with Crippen LogP contribution in [0.5, 0.6) is 0 Å². The van der Waals surface area contributed by atoms with E-state index in [1.165, 1.54) is 18.5 Å². The molecular weight excluding hydrogens is 230 g/mol. The molecule has 0 radical (unpaired) electrons. The van der Waals surface area contributed by atoms with Gasteiger partial charge >= 0.3 is 5.97 Å². The third-order valence-electron chi connectivity index (χ3n) is 2.41. The maximum absolute atomic E-state index is 11.2. The first-order valence-corrected chi connectivity index (χ1v) is 5.04. The highest BCUT2D eigenvalue weighted by Crippen LogP contribution is 2.26. The Balaban J connectivity index is 2.72. The van der Waals surface area contributed by atoms with Crippen LogP contribution in [0, 0.1) is 12.3 Å². The summed E-state index contributed by atoms with van der Waals surface area (Å²) in [5.41, 5.74) is 6.93. The molecule has 0 fully saturated rings. The Bertz CT molecular complexity index is 642. The predicted octanol–water partition coefficient (Wildman–Crippen LogP) is 1.41. The molecule has 0 bridgehead atoms. The maximum Gasteiger partial charge on any atom is 0.336 e. The van der Waals surface area contributed by atoms with Crippen LogP contribution in [0.2, 0.25) is 0 Å². The summed E-state index contributed by atoms with van der Waals surface area (Å²) in [5, 5.41) is 9.17. The van der Waals surface area contributed by atoms with E-state index >= 15 is 0 Å². The van der Waals surface area contributed by atoms with Crippen LogP contribution in [-0.4, -0.2) is 21.0 Å². The van der Waals surface area contributed by atoms with Gasteiger partial charge in [0.05, 0.1) is 5.56 Å². The molecule has 0 aliphatic carbocycles. The fourth-order valence-electron chi connectivity index (χ4n) is 1.63. The summed E-state index contributed by atoms with van der Waals surface area (Å²) in [7, 11) is 0. The molecule has 0 saturated carbocycles. The molecule has 1 aromatic heterocycles. The number of hydrogen-bond acceptors (Lipinski definition) is 4. The Morgan fingerprint density at radius 3 is 2.56 bits per heavy atom. The zero-order valence-electron chi connectivity index (χ0n) is 9.29. The second kappa shape index (κ2) is 4.55. The summed E-state index contributed by atoms with van der Waals surface area (Å²) >= 11 is 0. The van der Waals surface area contributed by atoms with Gasteiger partial charge in [0.15, 0.2) is 0 Å². The van der Waals surface area contributed by atoms with Gasteiger partial charge in [0.2, 0.25) is 5.95 Å². The van der Waals surface area contributed by atoms with Crippen LogP contribution in [0.1, 0.15) is 15.9 Å². The van der Waals surface area contributed by atoms with E-state index in [0.717, 1.165) is 0 Å². The molecule has 0 aliphatic rings. The van der Waals surface area contributed by atoms with Crippen molar-refractivity contribution in [2.75, 3.05) is 5.73 Å². The number of anilines is 1. The molecule has 18 heavy (non-hydrogen) atoms. The van der Waals surface area contributed by atoms with Crippen molar-refractivity contribution in [1.29, 1.82) is 0 Å². The first-order valence-electron chi connectivity index (χ1n) is 5.04. The van der Waals surface area contributed by atoms with Crippen LogP contribution in [0.15, 0.2) is 30.6 Å². The lowest BCUT2D eigenvalue weighted by Gasteiger charge is -2.08. The lowest BCUT2D eigenvalue weighted by molar-refractivity contribution is 0.0697. The first kappa shape index (κ1) is 11.6. The zero-order chi connectivity index (χ0) is 13.1. The van der Waals surface area contributed by atoms with E-state index in [4.69, 9.17) is 17.3 Å². The fourth-order valence-corrected chi connectivity index (χ4v) is 1.63. The number of carboxylic acid groups (broad SMARTS) is 1. The van der Waals surface area contributed by atoms with Gasteiger partial charge in [-0.05, 0) is 12.1 Å². The van der Waals surface area contributed by atoms with Gasteiger partial charge in [-0.2, -0.15) is 0 Å². The molecule has 0 unspecified atom stereocenters. The highest BCUT2D eigenvalue weighted by molar-refractivity contribution is 5.97. The Morgan fingerprint density at radius 2 is 2.00 bits per heavy atom. The van der Waals surface area contributed by atoms with Crippen molar-refractivity contribution >= 4 is 11.9 Å². The smallest absolute Gasteiger partial charge is 0.336 e. The Labute approximate surface area is 103 Å². The molecule has 0 saturated heterocycles. The number of aromatic nitrogens is 2. The number of hydrogen-bond donors (Lipinski definition) is 2. The molecule has 2 aromatic rings. The topological polar surface area (TPSA) is 89.1 Å². The van der Waals surface area contributed by atoms with Gasteiger partial charge in [-0.25, -0.2) is 14.8 Å². The van der Waals surface area contributed by atoms with Crippen LogP contribution >= 0.6 is 0 Å². The van der Waals surface area contributed by atoms with Gasteiger partial charge in [-0.3, -0.25) is 0 Å². The highest BCUT2D eigenvalue weighted by Gasteiger charge is 2.15. The summed E-state index contributed by atoms with van der Waals surface area (Å²) in [4.78, 5) is 18.9. The molecular formula is C13H9N3O2. The number of carbonyl (C=O) groups is 1. The lowest BCUT2D eigenvalue weighted by atomic mass is 9.96. The van der Waals surface area contributed by atoms with E-state index in [9.17, 15) is 4.79 Å². The van der Waals surface area contributed by atoms with E-state index < -0.39 is 5.97 Å². The Kier molecular flexibility index (Phi) is 2.94. The molecule has 0 amide bonds. The summed E-state index contributed by atoms with van der Waals surface area (Å²) in [5.74, 6) is 1.52. The van der Waals surface area contributed by atoms with Gasteiger partial charge in [0, 0.05) is 29.1 Å². The largest absolute Gasteiger partial charge is 0.478 e. The second-order valence-corrected chi connectivity index (χ2v) is 3.51. The standard InChI is InChI=1S/C13H9N3O2/c1-2-8-4-3-5-10(12(17)18)11(8)9-6-15-13(14)16-7-9/h1,3-7H,(H,17,18)(H2,14,15,16). The summed E-state index contributed by atoms with van der Waals surface area (Å²) < 4.78 is 0. The van der Waals surface area contributed by atoms with Crippen molar-refractivity contribution in [3.63, 3.8) is 0 Å². The van der Waals surface area contributed by atoms with Gasteiger partial charge in [-0.1, -0.05) is 12.0 Å². The fraction of sp³-hybridized carbons (Fsp3) is 0. The quantitative estimate of drug-likeness (QED) is 0.773. The molecule has 1 heterocycles. The average molecular weight is 239 g/mol. The van der Waals surface area contributed by atoms with Gasteiger partial charge in [0.1, 0.15) is 0 Å². The van der Waals surface area contributed by atoms with E-state index in [1.807, 2.05) is 0 Å². The van der Waals surface area contributed by atoms with Crippen molar-refractivity contribution in [1.82, 2.24) is 9.97 Å². The number of benzene rings is 1. The van der Waals surface area contributed by atoms with E-state index in [0.29, 0.717) is 16.7 Å². The molecule has 2 rings (SSSR count). The Morgan fingerprint density at radius 1 is 1.33 bits per heavy atom. The third-order valence-corrected chi connectivity index (χ3v) is 2.41. The van der Waals surface area contributed by atoms with Crippen molar-refractivity contribution in [2.45, 2.75) is 0 Å². The number of rotatable bonds is 2. The highest BCUT2D eigenvalue weighted by atomic mass is 16.4. The molecule has 0 spiro atoms. The minimum atomic E-state index is -1.06. The Hall–Kier alpha value is -2.87. The first-order chi connectivity index (χ1) is 8.63. The number of nitrogens with zero attached hydrogens (tertiary/aromatic N) is 2. The molecule has 3 N–H and O–H groups in total. The number of terminal acetylenes is 1. The minimum absolute atomic E-state index is 0.110. The molecule has 0 aliphatic heterocycles. The predicted molar refractivity (Wildman–Crippen MR) is 66.8 cm³/mol. The molecule has 1 aromatic carbocycles. The van der Waals surface area contributed by atoms with Crippen LogP contribution < -0.4 is 5.73 Å². The van der Waals surface area contributed by atoms with Crippen molar-refractivity contribution in [2.24, 2.45) is 0 Å². The second-order valence-electron chi connectivity index (χ2n) is 3.51. The van der Waals surface area contributed by atoms with Crippen molar-refractivity contribution < 1.29 is 9.90 Å². The number of nitrogens with two attached hydrogens (primary N) is 1. The molecule has 5 heteroatoms. The molecule has 5 nitrogen and oxygen atoms in total. The van der Waals surface area contributed by atoms with Crippen molar-refractivity contribution in [3.05, 3.63) is 41.7 Å². The molecule has 0 atom stereocenters. The van der Waals surface area contributed by atoms with Gasteiger partial charge in [-0.15, -0.1) is 6.42 Å². The SMILES string of the molecule is C#Cc1cccc(C(=O)O)c1-c1cnc(N)nc1. The van der Waals surface area contributed by atoms with Crippen LogP contribution in [0.4, 0.5) is 5.95 Å². The van der Waals surface area contributed by atoms with Crippen LogP contribution in [0.25, 0.3) is 11.1 Å². The zero-order valence-corrected chi connectivity index (χ0v) is 9.29. The number of aromatic carboxylic acids is 1. The molecule has 88 valence electrons. The third kappa shape index (κ3) is 1.99. The summed E-state index contributed by atoms with van der Waals surface area (Å²) in [6.07, 6.45) is 8.28. The maximum atomic E-state index is 11.2. The van der Waals surface area contributed by atoms with Crippen LogP contribution in [-0.2, 0) is 0 Å².